The van der Waals surface area contributed by atoms with Crippen molar-refractivity contribution in [3.63, 3.8) is 0 Å². The van der Waals surface area contributed by atoms with E-state index in [9.17, 15) is 0 Å². The van der Waals surface area contributed by atoms with Crippen molar-refractivity contribution in [3.05, 3.63) is 0 Å². The number of hydrogen-bond donors (Lipinski definition) is 0. The fourth-order valence-corrected chi connectivity index (χ4v) is 4.97. The van der Waals surface area contributed by atoms with Crippen LogP contribution >= 0.6 is 11.6 Å². The van der Waals surface area contributed by atoms with E-state index in [4.69, 9.17) is 11.6 Å². The van der Waals surface area contributed by atoms with Gasteiger partial charge in [0, 0.05) is 0 Å². The van der Waals surface area contributed by atoms with E-state index in [0.29, 0.717) is 8.81 Å². The second kappa shape index (κ2) is 4.07. The molecule has 0 fully saturated rings. The maximum atomic E-state index is 5.84. The molecule has 0 heterocycles. The molecule has 0 aromatic carbocycles. The van der Waals surface area contributed by atoms with Gasteiger partial charge in [0.05, 0.1) is 0 Å². The normalized spacial score (nSPS) is 17.0. The summed E-state index contributed by atoms with van der Waals surface area (Å²) in [5.74, 6) is 0. The molecule has 0 aromatic heterocycles. The van der Waals surface area contributed by atoms with Crippen LogP contribution in [0.1, 0.15) is 27.7 Å². The van der Waals surface area contributed by atoms with Crippen LogP contribution in [0.15, 0.2) is 0 Å². The van der Waals surface area contributed by atoms with Gasteiger partial charge in [-0.05, 0) is 0 Å². The van der Waals surface area contributed by atoms with Crippen LogP contribution in [0.5, 0.6) is 0 Å². The van der Waals surface area contributed by atoms with E-state index >= 15 is 0 Å². The molecule has 2 heteroatoms. The Kier molecular flexibility index (Phi) is 4.56. The number of halogens is 1. The van der Waals surface area contributed by atoms with E-state index < -0.39 is 21.1 Å². The quantitative estimate of drug-likeness (QED) is 0.525. The van der Waals surface area contributed by atoms with Crippen molar-refractivity contribution in [2.45, 2.75) is 40.9 Å². The van der Waals surface area contributed by atoms with Gasteiger partial charge in [0.1, 0.15) is 0 Å². The standard InChI is InChI=1S/C4H9.C3H6Cl.Sn.2H/c1-4(2)3;1-3(2)4;;;/h1-3H3;3H,1H2,2H3;;;. The average Bonchev–Trinajstić information content (AvgIpc) is 1.59. The monoisotopic (exact) mass is 256 g/mol. The second-order valence-electron chi connectivity index (χ2n) is 3.88. The molecule has 0 saturated carbocycles. The molecule has 0 amide bonds. The Balaban J connectivity index is 3.28. The van der Waals surface area contributed by atoms with Gasteiger partial charge in [-0.2, -0.15) is 0 Å². The zero-order valence-electron chi connectivity index (χ0n) is 6.87. The molecule has 9 heavy (non-hydrogen) atoms. The van der Waals surface area contributed by atoms with E-state index in [1.807, 2.05) is 0 Å². The summed E-state index contributed by atoms with van der Waals surface area (Å²) >= 11 is 5.32. The van der Waals surface area contributed by atoms with Crippen LogP contribution < -0.4 is 0 Å². The molecule has 0 aliphatic rings. The summed E-state index contributed by atoms with van der Waals surface area (Å²) in [7, 11) is 0. The van der Waals surface area contributed by atoms with Gasteiger partial charge in [0.2, 0.25) is 0 Å². The number of rotatable bonds is 2. The van der Waals surface area contributed by atoms with Gasteiger partial charge in [0.15, 0.2) is 0 Å². The zero-order valence-corrected chi connectivity index (χ0v) is 11.7. The van der Waals surface area contributed by atoms with Crippen molar-refractivity contribution in [2.24, 2.45) is 0 Å². The molecule has 0 rings (SSSR count). The summed E-state index contributed by atoms with van der Waals surface area (Å²) in [6, 6.07) is 0. The van der Waals surface area contributed by atoms with Gasteiger partial charge in [-0.25, -0.2) is 0 Å². The third kappa shape index (κ3) is 9.09. The molecule has 0 nitrogen and oxygen atoms in total. The first kappa shape index (κ1) is 10.1. The summed E-state index contributed by atoms with van der Waals surface area (Å²) in [5.41, 5.74) is 0. The SMILES string of the molecule is CC(Cl)[CH2][SnH2][C](C)(C)C. The number of alkyl halides is 1. The van der Waals surface area contributed by atoms with Gasteiger partial charge in [-0.15, -0.1) is 0 Å². The topological polar surface area (TPSA) is 0 Å². The predicted molar refractivity (Wildman–Crippen MR) is 48.4 cm³/mol. The van der Waals surface area contributed by atoms with E-state index in [1.54, 1.807) is 0 Å². The Hall–Kier alpha value is 1.09. The molecule has 0 bridgehead atoms. The second-order valence-corrected chi connectivity index (χ2v) is 13.8. The third-order valence-corrected chi connectivity index (χ3v) is 10.1. The molecule has 1 atom stereocenters. The third-order valence-electron chi connectivity index (χ3n) is 1.29. The van der Waals surface area contributed by atoms with E-state index in [-0.39, 0.29) is 0 Å². The molecule has 0 spiro atoms. The Morgan fingerprint density at radius 2 is 1.89 bits per heavy atom. The summed E-state index contributed by atoms with van der Waals surface area (Å²) in [6.45, 7) is 9.11. The first-order chi connectivity index (χ1) is 3.92. The fourth-order valence-electron chi connectivity index (χ4n) is 0.632. The van der Waals surface area contributed by atoms with Gasteiger partial charge >= 0.3 is 73.7 Å². The minimum atomic E-state index is -0.518. The van der Waals surface area contributed by atoms with Crippen molar-refractivity contribution in [2.75, 3.05) is 0 Å². The van der Waals surface area contributed by atoms with Crippen molar-refractivity contribution in [1.29, 1.82) is 0 Å². The molecular formula is C7H17ClSn. The summed E-state index contributed by atoms with van der Waals surface area (Å²) in [6.07, 6.45) is 0. The molecule has 1 unspecified atom stereocenters. The Morgan fingerprint density at radius 3 is 2.00 bits per heavy atom. The molecule has 0 radical (unpaired) electrons. The fraction of sp³-hybridized carbons (Fsp3) is 1.00. The maximum absolute atomic E-state index is 5.84. The van der Waals surface area contributed by atoms with Crippen LogP contribution in [0.3, 0.4) is 0 Å². The van der Waals surface area contributed by atoms with Gasteiger partial charge in [0.25, 0.3) is 0 Å². The van der Waals surface area contributed by atoms with Crippen molar-refractivity contribution in [1.82, 2.24) is 0 Å². The number of hydrogen-bond acceptors (Lipinski definition) is 0. The van der Waals surface area contributed by atoms with Crippen LogP contribution in [-0.4, -0.2) is 26.5 Å². The van der Waals surface area contributed by atoms with Gasteiger partial charge in [-0.1, -0.05) is 0 Å². The van der Waals surface area contributed by atoms with Crippen LogP contribution in [0, 0.1) is 0 Å². The molecule has 56 valence electrons. The minimum absolute atomic E-state index is 0.431. The Morgan fingerprint density at radius 1 is 1.44 bits per heavy atom. The first-order valence-electron chi connectivity index (χ1n) is 3.56. The van der Waals surface area contributed by atoms with E-state index in [0.717, 1.165) is 0 Å². The van der Waals surface area contributed by atoms with Crippen molar-refractivity contribution >= 4 is 32.7 Å². The first-order valence-corrected chi connectivity index (χ1v) is 8.87. The van der Waals surface area contributed by atoms with Crippen LogP contribution in [0.2, 0.25) is 7.87 Å². The summed E-state index contributed by atoms with van der Waals surface area (Å²) < 4.78 is 2.00. The van der Waals surface area contributed by atoms with Gasteiger partial charge in [-0.3, -0.25) is 0 Å². The molecular weight excluding hydrogens is 238 g/mol. The van der Waals surface area contributed by atoms with Gasteiger partial charge < -0.3 is 0 Å². The molecule has 0 aliphatic carbocycles. The molecule has 0 aromatic rings. The average molecular weight is 255 g/mol. The van der Waals surface area contributed by atoms with E-state index in [2.05, 4.69) is 27.7 Å². The van der Waals surface area contributed by atoms with Crippen molar-refractivity contribution in [3.8, 4) is 0 Å². The molecule has 0 aliphatic heterocycles. The van der Waals surface area contributed by atoms with Crippen LogP contribution in [0.25, 0.3) is 0 Å². The Labute approximate surface area is 73.6 Å². The van der Waals surface area contributed by atoms with Crippen LogP contribution in [-0.2, 0) is 0 Å². The van der Waals surface area contributed by atoms with Crippen molar-refractivity contribution < 1.29 is 0 Å². The summed E-state index contributed by atoms with van der Waals surface area (Å²) in [4.78, 5) is 0. The van der Waals surface area contributed by atoms with E-state index in [1.165, 1.54) is 4.44 Å². The predicted octanol–water partition coefficient (Wildman–Crippen LogP) is 2.42. The zero-order chi connectivity index (χ0) is 7.49. The molecule has 0 N–H and O–H groups in total. The summed E-state index contributed by atoms with van der Waals surface area (Å²) in [5, 5.41) is 0.431. The van der Waals surface area contributed by atoms with Crippen LogP contribution in [0.4, 0.5) is 0 Å². The Bertz CT molecular complexity index is 73.5. The molecule has 0 saturated heterocycles.